The minimum atomic E-state index is -0.637. The number of nitrogens with one attached hydrogen (secondary N) is 2. The number of rotatable bonds is 7. The highest BCUT2D eigenvalue weighted by Gasteiger charge is 2.14. The predicted molar refractivity (Wildman–Crippen MR) is 114 cm³/mol. The zero-order valence-corrected chi connectivity index (χ0v) is 16.9. The molecule has 2 amide bonds. The van der Waals surface area contributed by atoms with E-state index in [1.165, 1.54) is 12.1 Å². The van der Waals surface area contributed by atoms with E-state index in [1.807, 2.05) is 43.3 Å². The molecule has 0 aliphatic rings. The van der Waals surface area contributed by atoms with Crippen molar-refractivity contribution in [2.75, 3.05) is 13.7 Å². The Labute approximate surface area is 174 Å². The average Bonchev–Trinajstić information content (AvgIpc) is 2.76. The first-order valence-corrected chi connectivity index (χ1v) is 9.50. The number of halogens is 1. The minimum Gasteiger partial charge on any atom is -0.497 e. The van der Waals surface area contributed by atoms with Crippen LogP contribution in [0.25, 0.3) is 11.1 Å². The van der Waals surface area contributed by atoms with Gasteiger partial charge in [0.05, 0.1) is 19.2 Å². The molecule has 0 bridgehead atoms. The molecule has 30 heavy (non-hydrogen) atoms. The zero-order valence-electron chi connectivity index (χ0n) is 16.9. The molecule has 3 aromatic rings. The van der Waals surface area contributed by atoms with E-state index in [9.17, 15) is 14.0 Å². The van der Waals surface area contributed by atoms with Crippen molar-refractivity contribution < 1.29 is 18.7 Å². The maximum atomic E-state index is 14.4. The van der Waals surface area contributed by atoms with E-state index in [-0.39, 0.29) is 18.0 Å². The van der Waals surface area contributed by atoms with Crippen molar-refractivity contribution in [1.82, 2.24) is 10.6 Å². The van der Waals surface area contributed by atoms with Gasteiger partial charge in [0, 0.05) is 6.54 Å². The van der Waals surface area contributed by atoms with Gasteiger partial charge in [-0.05, 0) is 47.9 Å². The second-order valence-electron chi connectivity index (χ2n) is 6.87. The molecule has 0 heterocycles. The third-order valence-electron chi connectivity index (χ3n) is 4.66. The monoisotopic (exact) mass is 406 g/mol. The van der Waals surface area contributed by atoms with Gasteiger partial charge in [-0.15, -0.1) is 0 Å². The van der Waals surface area contributed by atoms with Crippen LogP contribution < -0.4 is 15.4 Å². The largest absolute Gasteiger partial charge is 0.497 e. The average molecular weight is 406 g/mol. The lowest BCUT2D eigenvalue weighted by atomic mass is 10.0. The number of hydrogen-bond acceptors (Lipinski definition) is 3. The fourth-order valence-electron chi connectivity index (χ4n) is 2.89. The molecule has 154 valence electrons. The molecule has 3 aromatic carbocycles. The van der Waals surface area contributed by atoms with Crippen molar-refractivity contribution >= 4 is 11.8 Å². The highest BCUT2D eigenvalue weighted by atomic mass is 19.1. The van der Waals surface area contributed by atoms with Gasteiger partial charge in [0.1, 0.15) is 11.6 Å². The first kappa shape index (κ1) is 21.0. The molecule has 6 heteroatoms. The summed E-state index contributed by atoms with van der Waals surface area (Å²) < 4.78 is 19.5. The van der Waals surface area contributed by atoms with Gasteiger partial charge in [-0.2, -0.15) is 0 Å². The van der Waals surface area contributed by atoms with E-state index in [2.05, 4.69) is 10.6 Å². The minimum absolute atomic E-state index is 0.103. The van der Waals surface area contributed by atoms with Crippen LogP contribution >= 0.6 is 0 Å². The summed E-state index contributed by atoms with van der Waals surface area (Å²) in [5.74, 6) is -0.907. The molecule has 0 spiro atoms. The van der Waals surface area contributed by atoms with Crippen molar-refractivity contribution in [3.8, 4) is 16.9 Å². The highest BCUT2D eigenvalue weighted by molar-refractivity contribution is 5.97. The molecule has 0 aliphatic carbocycles. The Kier molecular flexibility index (Phi) is 6.80. The summed E-state index contributed by atoms with van der Waals surface area (Å²) in [7, 11) is 1.58. The van der Waals surface area contributed by atoms with Crippen molar-refractivity contribution in [2.45, 2.75) is 13.5 Å². The van der Waals surface area contributed by atoms with Crippen LogP contribution in [0.15, 0.2) is 66.7 Å². The second kappa shape index (κ2) is 9.69. The number of aryl methyl sites for hydroxylation is 1. The van der Waals surface area contributed by atoms with Gasteiger partial charge in [-0.25, -0.2) is 4.39 Å². The summed E-state index contributed by atoms with van der Waals surface area (Å²) in [5, 5.41) is 5.15. The summed E-state index contributed by atoms with van der Waals surface area (Å²) in [5.41, 5.74) is 3.45. The van der Waals surface area contributed by atoms with E-state index < -0.39 is 11.7 Å². The Morgan fingerprint density at radius 3 is 2.20 bits per heavy atom. The molecule has 2 N–H and O–H groups in total. The molecule has 0 aromatic heterocycles. The van der Waals surface area contributed by atoms with Gasteiger partial charge in [-0.1, -0.05) is 48.0 Å². The first-order valence-electron chi connectivity index (χ1n) is 9.50. The fourth-order valence-corrected chi connectivity index (χ4v) is 2.89. The van der Waals surface area contributed by atoms with E-state index in [0.29, 0.717) is 12.1 Å². The molecular formula is C24H23FN2O3. The lowest BCUT2D eigenvalue weighted by molar-refractivity contribution is -0.120. The second-order valence-corrected chi connectivity index (χ2v) is 6.87. The lowest BCUT2D eigenvalue weighted by Gasteiger charge is -2.09. The lowest BCUT2D eigenvalue weighted by Crippen LogP contribution is -2.36. The molecule has 0 aliphatic heterocycles. The number of carbonyl (C=O) groups is 2. The van der Waals surface area contributed by atoms with Crippen LogP contribution in [0.5, 0.6) is 5.75 Å². The first-order chi connectivity index (χ1) is 14.5. The zero-order chi connectivity index (χ0) is 21.5. The smallest absolute Gasteiger partial charge is 0.254 e. The number of carbonyl (C=O) groups excluding carboxylic acids is 2. The van der Waals surface area contributed by atoms with Gasteiger partial charge >= 0.3 is 0 Å². The summed E-state index contributed by atoms with van der Waals surface area (Å²) in [6, 6.07) is 19.4. The molecule has 0 fully saturated rings. The normalized spacial score (nSPS) is 10.4. The third-order valence-corrected chi connectivity index (χ3v) is 4.66. The SMILES string of the molecule is COc1ccc(CNC(=O)CNC(=O)c2ccc(-c3ccc(C)cc3)cc2F)cc1. The van der Waals surface area contributed by atoms with Crippen LogP contribution in [0.1, 0.15) is 21.5 Å². The Balaban J connectivity index is 1.53. The molecule has 0 saturated heterocycles. The van der Waals surface area contributed by atoms with Gasteiger partial charge in [0.15, 0.2) is 0 Å². The summed E-state index contributed by atoms with van der Waals surface area (Å²) in [6.07, 6.45) is 0. The van der Waals surface area contributed by atoms with Crippen LogP contribution in [0.4, 0.5) is 4.39 Å². The molecule has 3 rings (SSSR count). The number of methoxy groups -OCH3 is 1. The predicted octanol–water partition coefficient (Wildman–Crippen LogP) is 3.86. The summed E-state index contributed by atoms with van der Waals surface area (Å²) in [6.45, 7) is 2.05. The quantitative estimate of drug-likeness (QED) is 0.626. The van der Waals surface area contributed by atoms with Gasteiger partial charge in [0.2, 0.25) is 5.91 Å². The van der Waals surface area contributed by atoms with E-state index in [4.69, 9.17) is 4.74 Å². The summed E-state index contributed by atoms with van der Waals surface area (Å²) >= 11 is 0. The molecular weight excluding hydrogens is 383 g/mol. The molecule has 0 radical (unpaired) electrons. The van der Waals surface area contributed by atoms with Crippen LogP contribution in [-0.4, -0.2) is 25.5 Å². The van der Waals surface area contributed by atoms with Crippen LogP contribution in [0.2, 0.25) is 0 Å². The molecule has 0 atom stereocenters. The Morgan fingerprint density at radius 1 is 0.900 bits per heavy atom. The van der Waals surface area contributed by atoms with Crippen LogP contribution in [0, 0.1) is 12.7 Å². The maximum Gasteiger partial charge on any atom is 0.254 e. The Morgan fingerprint density at radius 2 is 1.57 bits per heavy atom. The number of benzene rings is 3. The van der Waals surface area contributed by atoms with E-state index in [1.54, 1.807) is 25.3 Å². The molecule has 0 unspecified atom stereocenters. The third kappa shape index (κ3) is 5.44. The van der Waals surface area contributed by atoms with Crippen molar-refractivity contribution in [3.63, 3.8) is 0 Å². The Bertz CT molecular complexity index is 1030. The van der Waals surface area contributed by atoms with Crippen LogP contribution in [-0.2, 0) is 11.3 Å². The standard InChI is InChI=1S/C24H23FN2O3/c1-16-3-7-18(8-4-16)19-9-12-21(22(25)13-19)24(29)27-15-23(28)26-14-17-5-10-20(30-2)11-6-17/h3-13H,14-15H2,1-2H3,(H,26,28)(H,27,29). The molecule has 5 nitrogen and oxygen atoms in total. The van der Waals surface area contributed by atoms with E-state index in [0.717, 1.165) is 22.4 Å². The van der Waals surface area contributed by atoms with Crippen molar-refractivity contribution in [2.24, 2.45) is 0 Å². The van der Waals surface area contributed by atoms with Crippen molar-refractivity contribution in [1.29, 1.82) is 0 Å². The van der Waals surface area contributed by atoms with E-state index >= 15 is 0 Å². The Hall–Kier alpha value is -3.67. The summed E-state index contributed by atoms with van der Waals surface area (Å²) in [4.78, 5) is 24.2. The fraction of sp³-hybridized carbons (Fsp3) is 0.167. The topological polar surface area (TPSA) is 67.4 Å². The number of amides is 2. The number of hydrogen-bond donors (Lipinski definition) is 2. The van der Waals surface area contributed by atoms with Gasteiger partial charge < -0.3 is 15.4 Å². The van der Waals surface area contributed by atoms with Gasteiger partial charge in [-0.3, -0.25) is 9.59 Å². The maximum absolute atomic E-state index is 14.4. The van der Waals surface area contributed by atoms with Crippen molar-refractivity contribution in [3.05, 3.63) is 89.2 Å². The van der Waals surface area contributed by atoms with Gasteiger partial charge in [0.25, 0.3) is 5.91 Å². The number of ether oxygens (including phenoxy) is 1. The molecule has 0 saturated carbocycles. The highest BCUT2D eigenvalue weighted by Crippen LogP contribution is 2.22. The van der Waals surface area contributed by atoms with Crippen LogP contribution in [0.3, 0.4) is 0 Å².